The average molecular weight is 424 g/mol. The number of thiocarbonyl (C=S) groups is 1. The van der Waals surface area contributed by atoms with Crippen molar-refractivity contribution in [3.63, 3.8) is 0 Å². The van der Waals surface area contributed by atoms with Gasteiger partial charge in [0.2, 0.25) is 0 Å². The maximum absolute atomic E-state index is 13.0. The van der Waals surface area contributed by atoms with E-state index in [1.807, 2.05) is 0 Å². The lowest BCUT2D eigenvalue weighted by Gasteiger charge is -2.30. The van der Waals surface area contributed by atoms with Crippen LogP contribution in [0.1, 0.15) is 18.5 Å². The standard InChI is InChI=1S/C19H16ClF2N3O2S/c1-10-15(17(26)24-14-5-3-2-4-13(14)20)16(25-19(28)23-10)11-6-8-12(9-7-11)27-18(21)22/h2-9,16,18H,1H3,(H,24,26)(H2,23,25,28)/t16-/m0/s1. The summed E-state index contributed by atoms with van der Waals surface area (Å²) in [5.41, 5.74) is 2.11. The molecule has 1 heterocycles. The summed E-state index contributed by atoms with van der Waals surface area (Å²) in [6.45, 7) is -1.18. The van der Waals surface area contributed by atoms with E-state index < -0.39 is 12.7 Å². The summed E-state index contributed by atoms with van der Waals surface area (Å²) in [5, 5.41) is 9.51. The molecule has 2 aromatic rings. The van der Waals surface area contributed by atoms with Gasteiger partial charge in [-0.1, -0.05) is 35.9 Å². The topological polar surface area (TPSA) is 62.4 Å². The smallest absolute Gasteiger partial charge is 0.387 e. The minimum Gasteiger partial charge on any atom is -0.435 e. The van der Waals surface area contributed by atoms with Crippen LogP contribution in [0.25, 0.3) is 0 Å². The Morgan fingerprint density at radius 3 is 2.54 bits per heavy atom. The highest BCUT2D eigenvalue weighted by molar-refractivity contribution is 7.80. The zero-order chi connectivity index (χ0) is 20.3. The zero-order valence-corrected chi connectivity index (χ0v) is 16.2. The van der Waals surface area contributed by atoms with Crippen molar-refractivity contribution in [1.29, 1.82) is 0 Å². The van der Waals surface area contributed by atoms with Crippen LogP contribution in [0, 0.1) is 0 Å². The Morgan fingerprint density at radius 1 is 1.21 bits per heavy atom. The lowest BCUT2D eigenvalue weighted by Crippen LogP contribution is -2.45. The molecule has 0 fully saturated rings. The van der Waals surface area contributed by atoms with Crippen LogP contribution < -0.4 is 20.7 Å². The van der Waals surface area contributed by atoms with Crippen molar-refractivity contribution in [2.24, 2.45) is 0 Å². The maximum Gasteiger partial charge on any atom is 0.387 e. The highest BCUT2D eigenvalue weighted by Gasteiger charge is 2.30. The van der Waals surface area contributed by atoms with Crippen molar-refractivity contribution >= 4 is 40.5 Å². The second-order valence-electron chi connectivity index (χ2n) is 5.95. The highest BCUT2D eigenvalue weighted by Crippen LogP contribution is 2.30. The first-order valence-electron chi connectivity index (χ1n) is 8.24. The van der Waals surface area contributed by atoms with Gasteiger partial charge in [0, 0.05) is 5.70 Å². The first-order chi connectivity index (χ1) is 13.3. The average Bonchev–Trinajstić information content (AvgIpc) is 2.63. The quantitative estimate of drug-likeness (QED) is 0.623. The van der Waals surface area contributed by atoms with Crippen LogP contribution in [0.5, 0.6) is 5.75 Å². The molecule has 1 aliphatic heterocycles. The van der Waals surface area contributed by atoms with Crippen molar-refractivity contribution in [2.75, 3.05) is 5.32 Å². The van der Waals surface area contributed by atoms with E-state index in [1.165, 1.54) is 12.1 Å². The number of ether oxygens (including phenoxy) is 1. The molecule has 3 N–H and O–H groups in total. The van der Waals surface area contributed by atoms with Gasteiger partial charge in [-0.25, -0.2) is 0 Å². The van der Waals surface area contributed by atoms with Crippen LogP contribution in [-0.2, 0) is 4.79 Å². The predicted octanol–water partition coefficient (Wildman–Crippen LogP) is 4.37. The minimum absolute atomic E-state index is 0.0260. The van der Waals surface area contributed by atoms with Gasteiger partial charge in [-0.05, 0) is 49.0 Å². The number of halogens is 3. The number of benzene rings is 2. The third kappa shape index (κ3) is 4.58. The third-order valence-electron chi connectivity index (χ3n) is 4.07. The Kier molecular flexibility index (Phi) is 6.11. The molecule has 5 nitrogen and oxygen atoms in total. The Labute approximate surface area is 170 Å². The van der Waals surface area contributed by atoms with Gasteiger partial charge in [0.15, 0.2) is 5.11 Å². The summed E-state index contributed by atoms with van der Waals surface area (Å²) in [6, 6.07) is 12.3. The summed E-state index contributed by atoms with van der Waals surface area (Å²) >= 11 is 11.3. The number of alkyl halides is 2. The maximum atomic E-state index is 13.0. The molecule has 1 atom stereocenters. The Balaban J connectivity index is 1.90. The molecule has 0 bridgehead atoms. The Hall–Kier alpha value is -2.71. The largest absolute Gasteiger partial charge is 0.435 e. The number of anilines is 1. The molecule has 1 amide bonds. The van der Waals surface area contributed by atoms with Crippen LogP contribution in [0.2, 0.25) is 5.02 Å². The number of hydrogen-bond acceptors (Lipinski definition) is 3. The van der Waals surface area contributed by atoms with E-state index >= 15 is 0 Å². The molecule has 0 spiro atoms. The number of allylic oxidation sites excluding steroid dienone is 1. The summed E-state index contributed by atoms with van der Waals surface area (Å²) < 4.78 is 29.1. The summed E-state index contributed by atoms with van der Waals surface area (Å²) in [4.78, 5) is 13.0. The lowest BCUT2D eigenvalue weighted by molar-refractivity contribution is -0.113. The monoisotopic (exact) mass is 423 g/mol. The molecule has 0 saturated heterocycles. The first-order valence-corrected chi connectivity index (χ1v) is 9.02. The molecule has 0 saturated carbocycles. The van der Waals surface area contributed by atoms with E-state index in [-0.39, 0.29) is 11.7 Å². The highest BCUT2D eigenvalue weighted by atomic mass is 35.5. The molecule has 9 heteroatoms. The van der Waals surface area contributed by atoms with E-state index in [9.17, 15) is 13.6 Å². The number of nitrogens with one attached hydrogen (secondary N) is 3. The SMILES string of the molecule is CC1=C(C(=O)Nc2ccccc2Cl)[C@H](c2ccc(OC(F)F)cc2)NC(=S)N1. The van der Waals surface area contributed by atoms with Gasteiger partial charge in [-0.2, -0.15) is 8.78 Å². The predicted molar refractivity (Wildman–Crippen MR) is 107 cm³/mol. The first kappa shape index (κ1) is 20.0. The second-order valence-corrected chi connectivity index (χ2v) is 6.77. The van der Waals surface area contributed by atoms with Gasteiger partial charge in [0.1, 0.15) is 5.75 Å². The Bertz CT molecular complexity index is 935. The fourth-order valence-electron chi connectivity index (χ4n) is 2.84. The van der Waals surface area contributed by atoms with Crippen molar-refractivity contribution in [2.45, 2.75) is 19.6 Å². The molecule has 28 heavy (non-hydrogen) atoms. The molecule has 0 aliphatic carbocycles. The number of rotatable bonds is 5. The lowest BCUT2D eigenvalue weighted by atomic mass is 9.95. The van der Waals surface area contributed by atoms with Gasteiger partial charge in [-0.3, -0.25) is 4.79 Å². The van der Waals surface area contributed by atoms with Crippen LogP contribution in [0.4, 0.5) is 14.5 Å². The molecule has 3 rings (SSSR count). The van der Waals surface area contributed by atoms with Crippen LogP contribution in [0.15, 0.2) is 59.8 Å². The zero-order valence-electron chi connectivity index (χ0n) is 14.6. The van der Waals surface area contributed by atoms with Gasteiger partial charge < -0.3 is 20.7 Å². The van der Waals surface area contributed by atoms with E-state index in [0.29, 0.717) is 32.7 Å². The number of para-hydroxylation sites is 1. The van der Waals surface area contributed by atoms with Crippen LogP contribution in [0.3, 0.4) is 0 Å². The van der Waals surface area contributed by atoms with E-state index in [2.05, 4.69) is 20.7 Å². The molecule has 0 unspecified atom stereocenters. The molecule has 146 valence electrons. The van der Waals surface area contributed by atoms with Gasteiger partial charge in [0.05, 0.1) is 22.3 Å². The summed E-state index contributed by atoms with van der Waals surface area (Å²) in [6.07, 6.45) is 0. The van der Waals surface area contributed by atoms with Gasteiger partial charge in [-0.15, -0.1) is 0 Å². The molecule has 1 aliphatic rings. The van der Waals surface area contributed by atoms with Gasteiger partial charge in [0.25, 0.3) is 5.91 Å². The third-order valence-corrected chi connectivity index (χ3v) is 4.62. The molecular formula is C19H16ClF2N3O2S. The van der Waals surface area contributed by atoms with E-state index in [1.54, 1.807) is 43.3 Å². The van der Waals surface area contributed by atoms with Crippen LogP contribution >= 0.6 is 23.8 Å². The number of amides is 1. The number of carbonyl (C=O) groups excluding carboxylic acids is 1. The van der Waals surface area contributed by atoms with Crippen molar-refractivity contribution in [3.8, 4) is 5.75 Å². The minimum atomic E-state index is -2.91. The molecule has 0 aromatic heterocycles. The van der Waals surface area contributed by atoms with Gasteiger partial charge >= 0.3 is 6.61 Å². The number of hydrogen-bond donors (Lipinski definition) is 3. The van der Waals surface area contributed by atoms with Crippen molar-refractivity contribution in [3.05, 3.63) is 70.4 Å². The van der Waals surface area contributed by atoms with E-state index in [4.69, 9.17) is 23.8 Å². The second kappa shape index (κ2) is 8.53. The fraction of sp³-hybridized carbons (Fsp3) is 0.158. The van der Waals surface area contributed by atoms with Crippen molar-refractivity contribution in [1.82, 2.24) is 10.6 Å². The fourth-order valence-corrected chi connectivity index (χ4v) is 3.29. The molecule has 0 radical (unpaired) electrons. The van der Waals surface area contributed by atoms with Crippen LogP contribution in [-0.4, -0.2) is 17.6 Å². The van der Waals surface area contributed by atoms with E-state index in [0.717, 1.165) is 0 Å². The number of carbonyl (C=O) groups is 1. The van der Waals surface area contributed by atoms with Crippen molar-refractivity contribution < 1.29 is 18.3 Å². The summed E-state index contributed by atoms with van der Waals surface area (Å²) in [5.74, 6) is -0.343. The Morgan fingerprint density at radius 2 is 1.89 bits per heavy atom. The molecule has 2 aromatic carbocycles. The summed E-state index contributed by atoms with van der Waals surface area (Å²) in [7, 11) is 0. The molecular weight excluding hydrogens is 408 g/mol. The normalized spacial score (nSPS) is 16.5.